The molecule has 2 aliphatic rings. The van der Waals surface area contributed by atoms with Crippen molar-refractivity contribution >= 4 is 6.03 Å². The molecule has 1 saturated heterocycles. The average molecular weight is 255 g/mol. The van der Waals surface area contributed by atoms with Crippen LogP contribution >= 0.6 is 0 Å². The molecule has 5 nitrogen and oxygen atoms in total. The Morgan fingerprint density at radius 1 is 1.39 bits per heavy atom. The van der Waals surface area contributed by atoms with Gasteiger partial charge in [-0.2, -0.15) is 0 Å². The van der Waals surface area contributed by atoms with Crippen LogP contribution in [0.3, 0.4) is 0 Å². The van der Waals surface area contributed by atoms with Crippen molar-refractivity contribution in [3.05, 3.63) is 0 Å². The van der Waals surface area contributed by atoms with E-state index >= 15 is 0 Å². The molecule has 1 heterocycles. The normalized spacial score (nSPS) is 23.6. The highest BCUT2D eigenvalue weighted by Crippen LogP contribution is 2.31. The zero-order valence-corrected chi connectivity index (χ0v) is 11.5. The quantitative estimate of drug-likeness (QED) is 0.778. The molecular weight excluding hydrogens is 230 g/mol. The number of urea groups is 1. The van der Waals surface area contributed by atoms with Crippen molar-refractivity contribution in [2.45, 2.75) is 43.7 Å². The minimum atomic E-state index is -0.448. The Morgan fingerprint density at radius 3 is 2.44 bits per heavy atom. The largest absolute Gasteiger partial charge is 0.389 e. The summed E-state index contributed by atoms with van der Waals surface area (Å²) < 4.78 is 0. The maximum atomic E-state index is 11.8. The van der Waals surface area contributed by atoms with Crippen LogP contribution in [0.1, 0.15) is 32.1 Å². The van der Waals surface area contributed by atoms with E-state index in [2.05, 4.69) is 5.32 Å². The molecule has 1 saturated carbocycles. The minimum Gasteiger partial charge on any atom is -0.389 e. The third-order valence-electron chi connectivity index (χ3n) is 4.15. The fourth-order valence-corrected chi connectivity index (χ4v) is 2.65. The lowest BCUT2D eigenvalue weighted by Gasteiger charge is -2.40. The lowest BCUT2D eigenvalue weighted by atomic mass is 9.80. The van der Waals surface area contributed by atoms with Crippen molar-refractivity contribution in [3.63, 3.8) is 0 Å². The molecule has 2 N–H and O–H groups in total. The lowest BCUT2D eigenvalue weighted by molar-refractivity contribution is -0.0343. The maximum Gasteiger partial charge on any atom is 0.319 e. The van der Waals surface area contributed by atoms with Crippen LogP contribution in [-0.4, -0.2) is 66.3 Å². The molecule has 1 aliphatic heterocycles. The van der Waals surface area contributed by atoms with Crippen LogP contribution < -0.4 is 5.32 Å². The molecule has 0 aromatic heterocycles. The van der Waals surface area contributed by atoms with E-state index < -0.39 is 5.60 Å². The topological polar surface area (TPSA) is 55.8 Å². The molecule has 0 bridgehead atoms. The number of amides is 2. The third kappa shape index (κ3) is 3.14. The van der Waals surface area contributed by atoms with Gasteiger partial charge in [0, 0.05) is 39.8 Å². The second-order valence-electron chi connectivity index (χ2n) is 5.90. The summed E-state index contributed by atoms with van der Waals surface area (Å²) in [6, 6.07) is 0.548. The van der Waals surface area contributed by atoms with Gasteiger partial charge in [0.15, 0.2) is 0 Å². The number of nitrogens with zero attached hydrogens (tertiary/aromatic N) is 2. The van der Waals surface area contributed by atoms with Gasteiger partial charge in [0.2, 0.25) is 0 Å². The van der Waals surface area contributed by atoms with Gasteiger partial charge in [-0.3, -0.25) is 0 Å². The monoisotopic (exact) mass is 255 g/mol. The zero-order chi connectivity index (χ0) is 13.2. The van der Waals surface area contributed by atoms with Crippen LogP contribution in [-0.2, 0) is 0 Å². The van der Waals surface area contributed by atoms with Crippen molar-refractivity contribution in [2.75, 3.05) is 33.7 Å². The number of hydrogen-bond donors (Lipinski definition) is 2. The van der Waals surface area contributed by atoms with Crippen LogP contribution in [0.5, 0.6) is 0 Å². The van der Waals surface area contributed by atoms with E-state index in [0.717, 1.165) is 45.2 Å². The second-order valence-corrected chi connectivity index (χ2v) is 5.90. The Kier molecular flexibility index (Phi) is 4.12. The number of likely N-dealkylation sites (tertiary alicyclic amines) is 1. The second kappa shape index (κ2) is 5.45. The number of carbonyl (C=O) groups is 1. The highest BCUT2D eigenvalue weighted by molar-refractivity contribution is 5.73. The molecule has 0 atom stereocenters. The Labute approximate surface area is 109 Å². The first kappa shape index (κ1) is 13.6. The number of rotatable bonds is 3. The molecule has 5 heteroatoms. The van der Waals surface area contributed by atoms with E-state index in [1.165, 1.54) is 0 Å². The molecule has 2 rings (SSSR count). The van der Waals surface area contributed by atoms with Gasteiger partial charge >= 0.3 is 6.03 Å². The molecule has 104 valence electrons. The Hall–Kier alpha value is -0.810. The van der Waals surface area contributed by atoms with Gasteiger partial charge < -0.3 is 20.2 Å². The molecule has 2 fully saturated rings. The fraction of sp³-hybridized carbons (Fsp3) is 0.923. The first-order valence-electron chi connectivity index (χ1n) is 6.92. The van der Waals surface area contributed by atoms with E-state index in [9.17, 15) is 9.90 Å². The molecule has 0 unspecified atom stereocenters. The van der Waals surface area contributed by atoms with Crippen LogP contribution in [0.2, 0.25) is 0 Å². The molecule has 0 aromatic carbocycles. The smallest absolute Gasteiger partial charge is 0.319 e. The van der Waals surface area contributed by atoms with E-state index in [1.807, 2.05) is 4.90 Å². The number of carbonyl (C=O) groups excluding carboxylic acids is 1. The van der Waals surface area contributed by atoms with Crippen molar-refractivity contribution in [1.29, 1.82) is 0 Å². The summed E-state index contributed by atoms with van der Waals surface area (Å²) in [7, 11) is 3.58. The first-order valence-corrected chi connectivity index (χ1v) is 6.92. The van der Waals surface area contributed by atoms with Gasteiger partial charge in [-0.25, -0.2) is 4.79 Å². The average Bonchev–Trinajstić information content (AvgIpc) is 2.33. The van der Waals surface area contributed by atoms with Crippen LogP contribution in [0.4, 0.5) is 4.79 Å². The first-order chi connectivity index (χ1) is 8.50. The summed E-state index contributed by atoms with van der Waals surface area (Å²) in [6.45, 7) is 2.33. The summed E-state index contributed by atoms with van der Waals surface area (Å²) in [5.74, 6) is 0. The van der Waals surface area contributed by atoms with Crippen LogP contribution in [0.25, 0.3) is 0 Å². The highest BCUT2D eigenvalue weighted by Gasteiger charge is 2.35. The Balaban J connectivity index is 1.68. The van der Waals surface area contributed by atoms with E-state index in [-0.39, 0.29) is 6.03 Å². The summed E-state index contributed by atoms with van der Waals surface area (Å²) in [4.78, 5) is 15.3. The van der Waals surface area contributed by atoms with Crippen LogP contribution in [0, 0.1) is 0 Å². The summed E-state index contributed by atoms with van der Waals surface area (Å²) in [5.41, 5.74) is -0.448. The fourth-order valence-electron chi connectivity index (χ4n) is 2.65. The summed E-state index contributed by atoms with van der Waals surface area (Å²) in [6.07, 6.45) is 4.97. The predicted molar refractivity (Wildman–Crippen MR) is 70.5 cm³/mol. The number of nitrogens with one attached hydrogen (secondary N) is 1. The van der Waals surface area contributed by atoms with Gasteiger partial charge in [0.25, 0.3) is 0 Å². The molecule has 18 heavy (non-hydrogen) atoms. The van der Waals surface area contributed by atoms with Crippen molar-refractivity contribution < 1.29 is 9.90 Å². The standard InChI is InChI=1S/C13H25N3O2/c1-15(2)12(17)16-8-4-11(5-9-16)14-10-13(18)6-3-7-13/h11,14,18H,3-10H2,1-2H3. The van der Waals surface area contributed by atoms with Gasteiger partial charge in [-0.05, 0) is 32.1 Å². The Bertz CT molecular complexity index is 295. The third-order valence-corrected chi connectivity index (χ3v) is 4.15. The van der Waals surface area contributed by atoms with E-state index in [0.29, 0.717) is 12.6 Å². The van der Waals surface area contributed by atoms with Gasteiger partial charge in [-0.1, -0.05) is 0 Å². The van der Waals surface area contributed by atoms with Gasteiger partial charge in [0.1, 0.15) is 0 Å². The Morgan fingerprint density at radius 2 is 2.00 bits per heavy atom. The van der Waals surface area contributed by atoms with Crippen LogP contribution in [0.15, 0.2) is 0 Å². The lowest BCUT2D eigenvalue weighted by Crippen LogP contribution is -2.52. The molecule has 0 radical (unpaired) electrons. The molecule has 0 aromatic rings. The number of aliphatic hydroxyl groups is 1. The zero-order valence-electron chi connectivity index (χ0n) is 11.5. The SMILES string of the molecule is CN(C)C(=O)N1CCC(NCC2(O)CCC2)CC1. The summed E-state index contributed by atoms with van der Waals surface area (Å²) in [5, 5.41) is 13.5. The molecule has 1 aliphatic carbocycles. The molecular formula is C13H25N3O2. The maximum absolute atomic E-state index is 11.8. The predicted octanol–water partition coefficient (Wildman–Crippen LogP) is 0.637. The van der Waals surface area contributed by atoms with Gasteiger partial charge in [-0.15, -0.1) is 0 Å². The van der Waals surface area contributed by atoms with Crippen molar-refractivity contribution in [1.82, 2.24) is 15.1 Å². The van der Waals surface area contributed by atoms with Gasteiger partial charge in [0.05, 0.1) is 5.60 Å². The molecule has 2 amide bonds. The van der Waals surface area contributed by atoms with Crippen molar-refractivity contribution in [3.8, 4) is 0 Å². The van der Waals surface area contributed by atoms with Crippen molar-refractivity contribution in [2.24, 2.45) is 0 Å². The molecule has 0 spiro atoms. The highest BCUT2D eigenvalue weighted by atomic mass is 16.3. The number of hydrogen-bond acceptors (Lipinski definition) is 3. The minimum absolute atomic E-state index is 0.103. The van der Waals surface area contributed by atoms with E-state index in [4.69, 9.17) is 0 Å². The summed E-state index contributed by atoms with van der Waals surface area (Å²) >= 11 is 0. The number of piperidine rings is 1. The van der Waals surface area contributed by atoms with E-state index in [1.54, 1.807) is 19.0 Å².